The highest BCUT2D eigenvalue weighted by Gasteiger charge is 2.52. The van der Waals surface area contributed by atoms with Crippen molar-refractivity contribution in [2.75, 3.05) is 0 Å². The summed E-state index contributed by atoms with van der Waals surface area (Å²) < 4.78 is 5.46. The third kappa shape index (κ3) is 20.0. The van der Waals surface area contributed by atoms with Gasteiger partial charge in [-0.15, -0.1) is 45.3 Å². The van der Waals surface area contributed by atoms with Gasteiger partial charge in [0.25, 0.3) is 0 Å². The molecule has 2 aliphatic rings. The van der Waals surface area contributed by atoms with Crippen LogP contribution in [-0.2, 0) is 36.5 Å². The van der Waals surface area contributed by atoms with Crippen LogP contribution in [0.3, 0.4) is 0 Å². The van der Waals surface area contributed by atoms with E-state index in [0.29, 0.717) is 0 Å². The van der Waals surface area contributed by atoms with Crippen molar-refractivity contribution in [2.24, 2.45) is 0 Å². The molecule has 0 saturated heterocycles. The van der Waals surface area contributed by atoms with Gasteiger partial charge in [0.2, 0.25) is 0 Å². The van der Waals surface area contributed by atoms with Crippen LogP contribution < -0.4 is 0 Å². The maximum Gasteiger partial charge on any atom is 0.0714 e. The monoisotopic (exact) mass is 1630 g/mol. The molecular formula is C114H136S4. The van der Waals surface area contributed by atoms with Crippen LogP contribution in [0.5, 0.6) is 0 Å². The van der Waals surface area contributed by atoms with Gasteiger partial charge in [-0.2, -0.15) is 0 Å². The molecule has 0 atom stereocenters. The van der Waals surface area contributed by atoms with E-state index < -0.39 is 10.8 Å². The molecule has 13 aromatic rings. The second kappa shape index (κ2) is 43.4. The summed E-state index contributed by atoms with van der Waals surface area (Å²) >= 11 is 7.87. The zero-order valence-corrected chi connectivity index (χ0v) is 75.8. The van der Waals surface area contributed by atoms with E-state index in [4.69, 9.17) is 0 Å². The van der Waals surface area contributed by atoms with E-state index >= 15 is 0 Å². The molecule has 4 heteroatoms. The van der Waals surface area contributed by atoms with Crippen molar-refractivity contribution in [3.63, 3.8) is 0 Å². The van der Waals surface area contributed by atoms with Gasteiger partial charge in [0, 0.05) is 49.1 Å². The summed E-state index contributed by atoms with van der Waals surface area (Å²) in [7, 11) is 0. The smallest absolute Gasteiger partial charge is 0.0714 e. The molecule has 616 valence electrons. The zero-order chi connectivity index (χ0) is 80.6. The Hall–Kier alpha value is -7.44. The van der Waals surface area contributed by atoms with Gasteiger partial charge in [-0.3, -0.25) is 0 Å². The minimum Gasteiger partial charge on any atom is -0.135 e. The van der Waals surface area contributed by atoms with Crippen molar-refractivity contribution in [1.82, 2.24) is 0 Å². The molecule has 118 heavy (non-hydrogen) atoms. The topological polar surface area (TPSA) is 0 Å². The van der Waals surface area contributed by atoms with Gasteiger partial charge in [-0.05, 0) is 200 Å². The van der Waals surface area contributed by atoms with Crippen LogP contribution in [0.15, 0.2) is 218 Å². The quantitative estimate of drug-likeness (QED) is 0.0333. The summed E-state index contributed by atoms with van der Waals surface area (Å²) in [6, 6.07) is 89.4. The van der Waals surface area contributed by atoms with Gasteiger partial charge in [-0.25, -0.2) is 0 Å². The summed E-state index contributed by atoms with van der Waals surface area (Å²) in [5.74, 6) is 0. The predicted octanol–water partition coefficient (Wildman–Crippen LogP) is 37.0. The molecule has 0 saturated carbocycles. The van der Waals surface area contributed by atoms with E-state index in [2.05, 4.69) is 246 Å². The molecule has 0 fully saturated rings. The van der Waals surface area contributed by atoms with Gasteiger partial charge in [0.05, 0.1) is 10.8 Å². The van der Waals surface area contributed by atoms with Crippen molar-refractivity contribution in [3.05, 3.63) is 285 Å². The Bertz CT molecular complexity index is 5040. The van der Waals surface area contributed by atoms with E-state index in [9.17, 15) is 0 Å². The van der Waals surface area contributed by atoms with Gasteiger partial charge in [0.15, 0.2) is 0 Å². The molecule has 0 radical (unpaired) electrons. The molecule has 0 amide bonds. The molecule has 2 aliphatic carbocycles. The first-order valence-corrected chi connectivity index (χ1v) is 51.0. The van der Waals surface area contributed by atoms with Gasteiger partial charge in [0.1, 0.15) is 0 Å². The van der Waals surface area contributed by atoms with E-state index in [1.807, 2.05) is 45.3 Å². The molecular weight excluding hydrogens is 1500 g/mol. The Morgan fingerprint density at radius 2 is 0.449 bits per heavy atom. The summed E-state index contributed by atoms with van der Waals surface area (Å²) in [6.45, 7) is 9.31. The fraction of sp³-hybridized carbons (Fsp3) is 0.439. The fourth-order valence-corrected chi connectivity index (χ4v) is 25.1. The van der Waals surface area contributed by atoms with E-state index in [1.54, 1.807) is 0 Å². The molecule has 0 aliphatic heterocycles. The SMILES string of the molecule is CCCCCCCCCCCCc1ccc(C2(c3ccc(CCCCCCCCCCCC)cc3)c3cc4c(cc3-c3c2ccc2sc(-c5ccccc5)cc32)C(c2ccc(CCCCCCCCCCCC)cc2)(c2ccc(CCCCCCCCCCCC)cc2)c2ccc3sc(-c5cc6sc(-c7ccccc7)cc6s5)cc3c2-4)cc1. The van der Waals surface area contributed by atoms with Crippen LogP contribution in [0.2, 0.25) is 0 Å². The summed E-state index contributed by atoms with van der Waals surface area (Å²) in [5.41, 5.74) is 23.8. The Morgan fingerprint density at radius 1 is 0.203 bits per heavy atom. The highest BCUT2D eigenvalue weighted by atomic mass is 32.1. The minimum absolute atomic E-state index is 0.638. The largest absolute Gasteiger partial charge is 0.135 e. The second-order valence-electron chi connectivity index (χ2n) is 35.7. The van der Waals surface area contributed by atoms with E-state index in [0.717, 1.165) is 25.7 Å². The molecule has 0 spiro atoms. The van der Waals surface area contributed by atoms with E-state index in [-0.39, 0.29) is 0 Å². The number of rotatable bonds is 51. The average Bonchev–Trinajstić information content (AvgIpc) is 1.50. The Morgan fingerprint density at radius 3 is 0.763 bits per heavy atom. The lowest BCUT2D eigenvalue weighted by Gasteiger charge is -2.36. The highest BCUT2D eigenvalue weighted by Crippen LogP contribution is 2.66. The second-order valence-corrected chi connectivity index (χ2v) is 40.0. The number of fused-ring (bicyclic) bond motifs is 11. The van der Waals surface area contributed by atoms with E-state index in [1.165, 1.54) is 406 Å². The number of hydrogen-bond donors (Lipinski definition) is 0. The van der Waals surface area contributed by atoms with Crippen molar-refractivity contribution < 1.29 is 0 Å². The summed E-state index contributed by atoms with van der Waals surface area (Å²) in [4.78, 5) is 5.39. The third-order valence-electron chi connectivity index (χ3n) is 27.1. The standard InChI is InChI=1S/C114H136S4/c1-5-9-13-17-21-25-29-33-37-43-51-85-59-67-91(68-60-85)113(92-69-61-86(62-70-92)52-44-38-34-30-26-22-18-14-10-6-2)99-75-77-103-97(81-105(115-103)89-55-47-41-48-56-89)111(99)95-79-102-96(80-101(95)113)112-98-82-107(109-84-110-108(118-109)83-106(117-110)90-57-49-42-50-58-90)116-104(98)78-76-100(112)114(102,93-71-63-87(64-72-93)53-45-39-35-31-27-23-19-15-11-7-3)94-73-65-88(66-74-94)54-46-40-36-32-28-24-20-16-12-8-4/h41-42,47-50,55-84H,5-40,43-46,51-54H2,1-4H3. The summed E-state index contributed by atoms with van der Waals surface area (Å²) in [6.07, 6.45) is 58.5. The molecule has 15 rings (SSSR count). The van der Waals surface area contributed by atoms with Crippen LogP contribution in [0.1, 0.15) is 351 Å². The van der Waals surface area contributed by atoms with Gasteiger partial charge >= 0.3 is 0 Å². The van der Waals surface area contributed by atoms with Crippen molar-refractivity contribution in [2.45, 2.75) is 321 Å². The molecule has 4 aromatic heterocycles. The maximum absolute atomic E-state index is 2.82. The molecule has 0 N–H and O–H groups in total. The Labute approximate surface area is 728 Å². The molecule has 0 nitrogen and oxygen atoms in total. The van der Waals surface area contributed by atoms with Crippen molar-refractivity contribution in [1.29, 1.82) is 0 Å². The number of hydrogen-bond acceptors (Lipinski definition) is 4. The zero-order valence-electron chi connectivity index (χ0n) is 72.5. The van der Waals surface area contributed by atoms with Crippen LogP contribution in [0, 0.1) is 0 Å². The number of thiophene rings is 4. The Kier molecular flexibility index (Phi) is 31.4. The van der Waals surface area contributed by atoms with Crippen LogP contribution in [0.25, 0.3) is 82.5 Å². The first kappa shape index (κ1) is 85.5. The maximum atomic E-state index is 2.82. The molecule has 0 bridgehead atoms. The highest BCUT2D eigenvalue weighted by molar-refractivity contribution is 7.33. The predicted molar refractivity (Wildman–Crippen MR) is 524 cm³/mol. The molecule has 9 aromatic carbocycles. The fourth-order valence-electron chi connectivity index (χ4n) is 20.5. The first-order valence-electron chi connectivity index (χ1n) is 47.8. The molecule has 4 heterocycles. The van der Waals surface area contributed by atoms with Gasteiger partial charge < -0.3 is 0 Å². The lowest BCUT2D eigenvalue weighted by atomic mass is 9.65. The van der Waals surface area contributed by atoms with Crippen LogP contribution in [-0.4, -0.2) is 0 Å². The molecule has 0 unspecified atom stereocenters. The number of unbranched alkanes of at least 4 members (excludes halogenated alkanes) is 36. The van der Waals surface area contributed by atoms with Crippen LogP contribution in [0.4, 0.5) is 0 Å². The van der Waals surface area contributed by atoms with Crippen molar-refractivity contribution in [3.8, 4) is 52.9 Å². The van der Waals surface area contributed by atoms with Gasteiger partial charge in [-0.1, -0.05) is 429 Å². The summed E-state index contributed by atoms with van der Waals surface area (Å²) in [5, 5.41) is 2.74. The van der Waals surface area contributed by atoms with Crippen LogP contribution >= 0.6 is 45.3 Å². The Balaban J connectivity index is 0.887. The number of benzene rings is 9. The first-order chi connectivity index (χ1) is 58.4. The minimum atomic E-state index is -0.642. The lowest BCUT2D eigenvalue weighted by molar-refractivity contribution is 0.556. The average molecular weight is 1630 g/mol. The lowest BCUT2D eigenvalue weighted by Crippen LogP contribution is -2.30. The third-order valence-corrected chi connectivity index (χ3v) is 31.9. The number of aryl methyl sites for hydroxylation is 4. The van der Waals surface area contributed by atoms with Crippen molar-refractivity contribution >= 4 is 74.9 Å². The normalized spacial score (nSPS) is 13.2.